The second-order valence-corrected chi connectivity index (χ2v) is 8.66. The molecule has 0 aliphatic rings. The Morgan fingerprint density at radius 1 is 1.03 bits per heavy atom. The Bertz CT molecular complexity index is 1300. The van der Waals surface area contributed by atoms with Crippen LogP contribution in [-0.4, -0.2) is 42.1 Å². The molecule has 9 nitrogen and oxygen atoms in total. The summed E-state index contributed by atoms with van der Waals surface area (Å²) in [6, 6.07) is 16.7. The number of aryl methyl sites for hydroxylation is 2. The summed E-state index contributed by atoms with van der Waals surface area (Å²) in [6.45, 7) is 4.31. The van der Waals surface area contributed by atoms with Gasteiger partial charge in [0.15, 0.2) is 5.16 Å². The van der Waals surface area contributed by atoms with Gasteiger partial charge in [0, 0.05) is 36.1 Å². The molecule has 0 fully saturated rings. The molecule has 0 unspecified atom stereocenters. The summed E-state index contributed by atoms with van der Waals surface area (Å²) < 4.78 is 3.64. The number of nitrogens with one attached hydrogen (secondary N) is 2. The van der Waals surface area contributed by atoms with Crippen molar-refractivity contribution in [1.29, 1.82) is 0 Å². The number of carbonyl (C=O) groups is 2. The van der Waals surface area contributed by atoms with Crippen LogP contribution in [0.2, 0.25) is 0 Å². The summed E-state index contributed by atoms with van der Waals surface area (Å²) in [4.78, 5) is 24.9. The molecule has 0 saturated carbocycles. The third-order valence-corrected chi connectivity index (χ3v) is 6.34. The molecule has 4 rings (SSSR count). The lowest BCUT2D eigenvalue weighted by molar-refractivity contribution is -0.113. The summed E-state index contributed by atoms with van der Waals surface area (Å²) in [7, 11) is 1.82. The minimum Gasteiger partial charge on any atom is -0.348 e. The monoisotopic (exact) mass is 475 g/mol. The molecule has 2 heterocycles. The van der Waals surface area contributed by atoms with Gasteiger partial charge in [-0.15, -0.1) is 10.2 Å². The summed E-state index contributed by atoms with van der Waals surface area (Å²) in [6.07, 6.45) is 1.59. The van der Waals surface area contributed by atoms with Crippen molar-refractivity contribution in [1.82, 2.24) is 29.9 Å². The Morgan fingerprint density at radius 3 is 2.44 bits per heavy atom. The molecule has 0 atom stereocenters. The molecule has 2 aromatic carbocycles. The normalized spacial score (nSPS) is 10.8. The summed E-state index contributed by atoms with van der Waals surface area (Å²) >= 11 is 1.30. The fraction of sp³-hybridized carbons (Fsp3) is 0.208. The molecular formula is C24H25N7O2S. The highest BCUT2D eigenvalue weighted by Crippen LogP contribution is 2.18. The van der Waals surface area contributed by atoms with Gasteiger partial charge in [-0.3, -0.25) is 9.59 Å². The first-order valence-corrected chi connectivity index (χ1v) is 11.7. The van der Waals surface area contributed by atoms with Gasteiger partial charge in [0.1, 0.15) is 6.33 Å². The number of nitrogens with zero attached hydrogens (tertiary/aromatic N) is 5. The van der Waals surface area contributed by atoms with Gasteiger partial charge in [0.2, 0.25) is 5.91 Å². The fourth-order valence-corrected chi connectivity index (χ4v) is 4.15. The van der Waals surface area contributed by atoms with Crippen LogP contribution in [0, 0.1) is 13.8 Å². The number of hydrogen-bond acceptors (Lipinski definition) is 6. The van der Waals surface area contributed by atoms with Crippen LogP contribution < -0.4 is 10.6 Å². The zero-order valence-corrected chi connectivity index (χ0v) is 20.0. The van der Waals surface area contributed by atoms with E-state index in [-0.39, 0.29) is 17.6 Å². The minimum absolute atomic E-state index is 0.161. The molecule has 34 heavy (non-hydrogen) atoms. The van der Waals surface area contributed by atoms with Crippen molar-refractivity contribution in [3.05, 3.63) is 83.4 Å². The largest absolute Gasteiger partial charge is 0.348 e. The van der Waals surface area contributed by atoms with E-state index in [1.54, 1.807) is 35.2 Å². The first kappa shape index (κ1) is 23.2. The molecule has 2 amide bonds. The minimum atomic E-state index is -0.193. The molecule has 0 bridgehead atoms. The summed E-state index contributed by atoms with van der Waals surface area (Å²) in [5.41, 5.74) is 4.96. The highest BCUT2D eigenvalue weighted by molar-refractivity contribution is 7.99. The maximum absolute atomic E-state index is 12.7. The van der Waals surface area contributed by atoms with E-state index >= 15 is 0 Å². The van der Waals surface area contributed by atoms with Gasteiger partial charge in [0.05, 0.1) is 17.1 Å². The number of aromatic nitrogens is 5. The van der Waals surface area contributed by atoms with Crippen LogP contribution in [0.25, 0.3) is 5.69 Å². The average molecular weight is 476 g/mol. The first-order chi connectivity index (χ1) is 16.4. The molecule has 0 aliphatic heterocycles. The van der Waals surface area contributed by atoms with Crippen molar-refractivity contribution in [3.63, 3.8) is 0 Å². The van der Waals surface area contributed by atoms with Crippen molar-refractivity contribution < 1.29 is 9.59 Å². The zero-order chi connectivity index (χ0) is 24.1. The highest BCUT2D eigenvalue weighted by atomic mass is 32.2. The standard InChI is InChI=1S/C24H25N7O2S/c1-16-21(17(2)31(29-16)20-7-5-4-6-8-20)13-25-23(33)18-9-11-19(12-10-18)27-22(32)14-34-24-28-26-15-30(24)3/h4-12,15H,13-14H2,1-3H3,(H,25,33)(H,27,32). The van der Waals surface area contributed by atoms with Gasteiger partial charge in [-0.2, -0.15) is 5.10 Å². The van der Waals surface area contributed by atoms with E-state index in [4.69, 9.17) is 0 Å². The van der Waals surface area contributed by atoms with Crippen LogP contribution >= 0.6 is 11.8 Å². The van der Waals surface area contributed by atoms with E-state index in [9.17, 15) is 9.59 Å². The number of rotatable bonds is 8. The summed E-state index contributed by atoms with van der Waals surface area (Å²) in [5, 5.41) is 18.8. The number of hydrogen-bond donors (Lipinski definition) is 2. The van der Waals surface area contributed by atoms with Crippen molar-refractivity contribution in [2.24, 2.45) is 7.05 Å². The second kappa shape index (κ2) is 10.3. The van der Waals surface area contributed by atoms with Gasteiger partial charge in [0.25, 0.3) is 5.91 Å². The van der Waals surface area contributed by atoms with E-state index in [1.807, 2.05) is 55.9 Å². The Kier molecular flexibility index (Phi) is 7.07. The van der Waals surface area contributed by atoms with Gasteiger partial charge in [-0.25, -0.2) is 4.68 Å². The van der Waals surface area contributed by atoms with Gasteiger partial charge >= 0.3 is 0 Å². The number of benzene rings is 2. The predicted molar refractivity (Wildman–Crippen MR) is 131 cm³/mol. The lowest BCUT2D eigenvalue weighted by atomic mass is 10.1. The lowest BCUT2D eigenvalue weighted by Gasteiger charge is -2.09. The SMILES string of the molecule is Cc1nn(-c2ccccc2)c(C)c1CNC(=O)c1ccc(NC(=O)CSc2nncn2C)cc1. The number of carbonyl (C=O) groups excluding carboxylic acids is 2. The number of para-hydroxylation sites is 1. The van der Waals surface area contributed by atoms with Crippen LogP contribution in [-0.2, 0) is 18.4 Å². The third-order valence-electron chi connectivity index (χ3n) is 5.30. The highest BCUT2D eigenvalue weighted by Gasteiger charge is 2.14. The number of anilines is 1. The van der Waals surface area contributed by atoms with E-state index in [0.717, 1.165) is 22.6 Å². The molecule has 4 aromatic rings. The maximum atomic E-state index is 12.7. The molecule has 2 N–H and O–H groups in total. The summed E-state index contributed by atoms with van der Waals surface area (Å²) in [5.74, 6) is -0.141. The Balaban J connectivity index is 1.32. The second-order valence-electron chi connectivity index (χ2n) is 7.72. The molecule has 174 valence electrons. The van der Waals surface area contributed by atoms with E-state index in [2.05, 4.69) is 25.9 Å². The average Bonchev–Trinajstić information content (AvgIpc) is 3.38. The third kappa shape index (κ3) is 5.34. The van der Waals surface area contributed by atoms with E-state index < -0.39 is 0 Å². The van der Waals surface area contributed by atoms with Crippen LogP contribution in [0.1, 0.15) is 27.3 Å². The molecular weight excluding hydrogens is 450 g/mol. The Labute approximate surface area is 201 Å². The van der Waals surface area contributed by atoms with Crippen molar-refractivity contribution in [2.75, 3.05) is 11.1 Å². The van der Waals surface area contributed by atoms with Gasteiger partial charge in [-0.05, 0) is 50.2 Å². The van der Waals surface area contributed by atoms with E-state index in [0.29, 0.717) is 23.0 Å². The molecule has 0 radical (unpaired) electrons. The quantitative estimate of drug-likeness (QED) is 0.379. The first-order valence-electron chi connectivity index (χ1n) is 10.7. The van der Waals surface area contributed by atoms with Crippen LogP contribution in [0.15, 0.2) is 66.1 Å². The van der Waals surface area contributed by atoms with Crippen molar-refractivity contribution in [3.8, 4) is 5.69 Å². The number of thioether (sulfide) groups is 1. The molecule has 10 heteroatoms. The zero-order valence-electron chi connectivity index (χ0n) is 19.1. The molecule has 0 spiro atoms. The molecule has 0 aliphatic carbocycles. The topological polar surface area (TPSA) is 107 Å². The Morgan fingerprint density at radius 2 is 1.76 bits per heavy atom. The van der Waals surface area contributed by atoms with Crippen LogP contribution in [0.3, 0.4) is 0 Å². The predicted octanol–water partition coefficient (Wildman–Crippen LogP) is 3.28. The number of amides is 2. The van der Waals surface area contributed by atoms with Crippen molar-refractivity contribution >= 4 is 29.3 Å². The van der Waals surface area contributed by atoms with Gasteiger partial charge in [-0.1, -0.05) is 30.0 Å². The van der Waals surface area contributed by atoms with Crippen LogP contribution in [0.5, 0.6) is 0 Å². The molecule has 2 aromatic heterocycles. The molecule has 0 saturated heterocycles. The fourth-order valence-electron chi connectivity index (χ4n) is 3.46. The lowest BCUT2D eigenvalue weighted by Crippen LogP contribution is -2.23. The van der Waals surface area contributed by atoms with E-state index in [1.165, 1.54) is 11.8 Å². The van der Waals surface area contributed by atoms with Gasteiger partial charge < -0.3 is 15.2 Å². The smallest absolute Gasteiger partial charge is 0.251 e. The Hall–Kier alpha value is -3.92. The van der Waals surface area contributed by atoms with Crippen LogP contribution in [0.4, 0.5) is 5.69 Å². The maximum Gasteiger partial charge on any atom is 0.251 e. The van der Waals surface area contributed by atoms with Crippen molar-refractivity contribution in [2.45, 2.75) is 25.5 Å².